The summed E-state index contributed by atoms with van der Waals surface area (Å²) in [6, 6.07) is 1.67. The molecule has 1 N–H and O–H groups in total. The van der Waals surface area contributed by atoms with Crippen molar-refractivity contribution >= 4 is 37.8 Å². The van der Waals surface area contributed by atoms with Crippen LogP contribution >= 0.6 is 31.9 Å². The summed E-state index contributed by atoms with van der Waals surface area (Å²) in [6.45, 7) is 0.784. The highest BCUT2D eigenvalue weighted by atomic mass is 79.9. The summed E-state index contributed by atoms with van der Waals surface area (Å²) < 4.78 is 2.59. The molecule has 0 radical (unpaired) electrons. The van der Waals surface area contributed by atoms with Crippen LogP contribution in [-0.4, -0.2) is 17.0 Å². The Hall–Kier alpha value is -0.620. The summed E-state index contributed by atoms with van der Waals surface area (Å²) in [5.74, 6) is 0.522. The van der Waals surface area contributed by atoms with Crippen LogP contribution in [-0.2, 0) is 11.3 Å². The molecule has 1 fully saturated rings. The van der Waals surface area contributed by atoms with Crippen molar-refractivity contribution in [3.8, 4) is 0 Å². The number of hydrogen-bond acceptors (Lipinski definition) is 2. The Morgan fingerprint density at radius 3 is 2.82 bits per heavy atom. The highest BCUT2D eigenvalue weighted by molar-refractivity contribution is 9.11. The van der Waals surface area contributed by atoms with E-state index in [9.17, 15) is 9.59 Å². The van der Waals surface area contributed by atoms with E-state index in [1.807, 2.05) is 0 Å². The Kier molecular flexibility index (Phi) is 4.04. The molecule has 1 aliphatic carbocycles. The molecule has 0 spiro atoms. The number of carbonyl (C=O) groups is 1. The second-order valence-electron chi connectivity index (χ2n) is 4.19. The molecular weight excluding hydrogens is 352 g/mol. The van der Waals surface area contributed by atoms with Crippen LogP contribution in [0, 0.1) is 5.92 Å². The number of rotatable bonds is 4. The number of nitrogens with one attached hydrogen (secondary N) is 1. The minimum atomic E-state index is -0.199. The van der Waals surface area contributed by atoms with Gasteiger partial charge in [0.05, 0.1) is 4.47 Å². The summed E-state index contributed by atoms with van der Waals surface area (Å²) in [7, 11) is 0. The van der Waals surface area contributed by atoms with Crippen LogP contribution in [0.1, 0.15) is 12.8 Å². The second kappa shape index (κ2) is 5.35. The molecule has 1 aromatic rings. The van der Waals surface area contributed by atoms with Crippen LogP contribution < -0.4 is 10.9 Å². The number of amides is 1. The fourth-order valence-electron chi connectivity index (χ4n) is 1.47. The van der Waals surface area contributed by atoms with Gasteiger partial charge in [0.15, 0.2) is 0 Å². The third-order valence-corrected chi connectivity index (χ3v) is 3.61. The van der Waals surface area contributed by atoms with E-state index in [0.29, 0.717) is 10.4 Å². The molecule has 4 nitrogen and oxygen atoms in total. The summed E-state index contributed by atoms with van der Waals surface area (Å²) in [4.78, 5) is 23.3. The monoisotopic (exact) mass is 362 g/mol. The van der Waals surface area contributed by atoms with E-state index in [1.54, 1.807) is 12.3 Å². The first-order valence-electron chi connectivity index (χ1n) is 5.38. The highest BCUT2D eigenvalue weighted by Crippen LogP contribution is 2.27. The van der Waals surface area contributed by atoms with E-state index < -0.39 is 0 Å². The smallest absolute Gasteiger partial charge is 0.265 e. The lowest BCUT2D eigenvalue weighted by atomic mass is 10.4. The van der Waals surface area contributed by atoms with Crippen LogP contribution in [0.4, 0.5) is 0 Å². The first-order valence-corrected chi connectivity index (χ1v) is 6.97. The van der Waals surface area contributed by atoms with Crippen LogP contribution in [0.3, 0.4) is 0 Å². The van der Waals surface area contributed by atoms with Crippen molar-refractivity contribution in [1.29, 1.82) is 0 Å². The molecular formula is C11H12Br2N2O2. The Morgan fingerprint density at radius 2 is 2.18 bits per heavy atom. The van der Waals surface area contributed by atoms with Gasteiger partial charge in [-0.3, -0.25) is 9.59 Å². The Balaban J connectivity index is 2.01. The molecule has 0 aliphatic heterocycles. The fourth-order valence-corrected chi connectivity index (χ4v) is 2.73. The first-order chi connectivity index (χ1) is 8.06. The van der Waals surface area contributed by atoms with Crippen molar-refractivity contribution in [1.82, 2.24) is 9.88 Å². The Labute approximate surface area is 116 Å². The van der Waals surface area contributed by atoms with E-state index in [1.165, 1.54) is 17.4 Å². The molecule has 0 bridgehead atoms. The number of pyridine rings is 1. The van der Waals surface area contributed by atoms with Crippen LogP contribution in [0.5, 0.6) is 0 Å². The molecule has 0 atom stereocenters. The van der Waals surface area contributed by atoms with Crippen molar-refractivity contribution in [2.75, 3.05) is 6.54 Å². The summed E-state index contributed by atoms with van der Waals surface area (Å²) >= 11 is 6.45. The maximum absolute atomic E-state index is 11.7. The third-order valence-electron chi connectivity index (χ3n) is 2.61. The molecule has 17 heavy (non-hydrogen) atoms. The number of carbonyl (C=O) groups excluding carboxylic acids is 1. The fraction of sp³-hybridized carbons (Fsp3) is 0.455. The van der Waals surface area contributed by atoms with Gasteiger partial charge >= 0.3 is 0 Å². The van der Waals surface area contributed by atoms with Gasteiger partial charge in [0.25, 0.3) is 5.56 Å². The maximum Gasteiger partial charge on any atom is 0.265 e. The van der Waals surface area contributed by atoms with Gasteiger partial charge in [0.2, 0.25) is 5.91 Å². The standard InChI is InChI=1S/C11H12Br2N2O2/c12-8-3-9(13)11(17)15(5-8)6-10(16)14-4-7-1-2-7/h3,5,7H,1-2,4,6H2,(H,14,16). The first kappa shape index (κ1) is 12.8. The topological polar surface area (TPSA) is 51.1 Å². The predicted octanol–water partition coefficient (Wildman–Crippen LogP) is 1.90. The van der Waals surface area contributed by atoms with Crippen molar-refractivity contribution in [3.63, 3.8) is 0 Å². The lowest BCUT2D eigenvalue weighted by molar-refractivity contribution is -0.121. The maximum atomic E-state index is 11.7. The molecule has 0 unspecified atom stereocenters. The molecule has 6 heteroatoms. The Morgan fingerprint density at radius 1 is 1.47 bits per heavy atom. The van der Waals surface area contributed by atoms with Crippen LogP contribution in [0.15, 0.2) is 26.0 Å². The average molecular weight is 364 g/mol. The molecule has 0 saturated heterocycles. The second-order valence-corrected chi connectivity index (χ2v) is 5.96. The van der Waals surface area contributed by atoms with E-state index in [4.69, 9.17) is 0 Å². The molecule has 1 saturated carbocycles. The van der Waals surface area contributed by atoms with Gasteiger partial charge in [0, 0.05) is 17.2 Å². The molecule has 0 aromatic carbocycles. The van der Waals surface area contributed by atoms with E-state index in [2.05, 4.69) is 37.2 Å². The third kappa shape index (κ3) is 3.67. The highest BCUT2D eigenvalue weighted by Gasteiger charge is 2.21. The van der Waals surface area contributed by atoms with Crippen molar-refractivity contribution in [2.24, 2.45) is 5.92 Å². The largest absolute Gasteiger partial charge is 0.354 e. The zero-order valence-corrected chi connectivity index (χ0v) is 12.3. The van der Waals surface area contributed by atoms with Crippen molar-refractivity contribution in [2.45, 2.75) is 19.4 Å². The molecule has 2 rings (SSSR count). The lowest BCUT2D eigenvalue weighted by Crippen LogP contribution is -2.33. The zero-order chi connectivity index (χ0) is 12.4. The predicted molar refractivity (Wildman–Crippen MR) is 71.8 cm³/mol. The van der Waals surface area contributed by atoms with Gasteiger partial charge in [-0.25, -0.2) is 0 Å². The lowest BCUT2D eigenvalue weighted by Gasteiger charge is -2.07. The average Bonchev–Trinajstić information content (AvgIpc) is 3.06. The molecule has 1 heterocycles. The number of hydrogen-bond donors (Lipinski definition) is 1. The van der Waals surface area contributed by atoms with Crippen molar-refractivity contribution in [3.05, 3.63) is 31.6 Å². The van der Waals surface area contributed by atoms with Gasteiger partial charge in [0.1, 0.15) is 6.54 Å². The molecule has 1 amide bonds. The van der Waals surface area contributed by atoms with E-state index in [-0.39, 0.29) is 18.0 Å². The minimum Gasteiger partial charge on any atom is -0.354 e. The van der Waals surface area contributed by atoms with Crippen LogP contribution in [0.2, 0.25) is 0 Å². The van der Waals surface area contributed by atoms with Gasteiger partial charge < -0.3 is 9.88 Å². The zero-order valence-electron chi connectivity index (χ0n) is 9.08. The SMILES string of the molecule is O=C(Cn1cc(Br)cc(Br)c1=O)NCC1CC1. The summed E-state index contributed by atoms with van der Waals surface area (Å²) in [5, 5.41) is 2.83. The van der Waals surface area contributed by atoms with Crippen molar-refractivity contribution < 1.29 is 4.79 Å². The number of aromatic nitrogens is 1. The minimum absolute atomic E-state index is 0.0591. The van der Waals surface area contributed by atoms with Gasteiger partial charge in [-0.2, -0.15) is 0 Å². The summed E-state index contributed by atoms with van der Waals surface area (Å²) in [5.41, 5.74) is -0.199. The molecule has 1 aromatic heterocycles. The molecule has 92 valence electrons. The van der Waals surface area contributed by atoms with E-state index in [0.717, 1.165) is 11.0 Å². The Bertz CT molecular complexity index is 495. The van der Waals surface area contributed by atoms with E-state index >= 15 is 0 Å². The normalized spacial score (nSPS) is 14.7. The quantitative estimate of drug-likeness (QED) is 0.888. The van der Waals surface area contributed by atoms with Gasteiger partial charge in [-0.15, -0.1) is 0 Å². The van der Waals surface area contributed by atoms with Gasteiger partial charge in [-0.05, 0) is 56.7 Å². The summed E-state index contributed by atoms with van der Waals surface area (Å²) in [6.07, 6.45) is 4.01. The van der Waals surface area contributed by atoms with Gasteiger partial charge in [-0.1, -0.05) is 0 Å². The number of nitrogens with zero attached hydrogens (tertiary/aromatic N) is 1. The van der Waals surface area contributed by atoms with Crippen LogP contribution in [0.25, 0.3) is 0 Å². The number of halogens is 2. The molecule has 1 aliphatic rings.